The fourth-order valence-corrected chi connectivity index (χ4v) is 2.86. The van der Waals surface area contributed by atoms with E-state index < -0.39 is 0 Å². The normalized spacial score (nSPS) is 17.8. The third-order valence-electron chi connectivity index (χ3n) is 3.90. The van der Waals surface area contributed by atoms with Crippen molar-refractivity contribution in [1.29, 1.82) is 0 Å². The summed E-state index contributed by atoms with van der Waals surface area (Å²) in [6, 6.07) is 8.79. The lowest BCUT2D eigenvalue weighted by Gasteiger charge is -2.32. The molecule has 2 rings (SSSR count). The lowest BCUT2D eigenvalue weighted by atomic mass is 10.0. The molecule has 1 aromatic carbocycles. The standard InChI is InChI=1S/C16H25ClN2/c1-2-3-9-19-10-7-16(8-11-19)18-13-14-5-4-6-15(17)12-14/h4-6,12,16,18H,2-3,7-11,13H2,1H3. The second kappa shape index (κ2) is 7.88. The molecule has 0 unspecified atom stereocenters. The number of hydrogen-bond acceptors (Lipinski definition) is 2. The lowest BCUT2D eigenvalue weighted by Crippen LogP contribution is -2.42. The van der Waals surface area contributed by atoms with Crippen molar-refractivity contribution in [2.45, 2.75) is 45.2 Å². The SMILES string of the molecule is CCCCN1CCC(NCc2cccc(Cl)c2)CC1. The summed E-state index contributed by atoms with van der Waals surface area (Å²) in [6.07, 6.45) is 5.17. The van der Waals surface area contributed by atoms with Gasteiger partial charge in [-0.25, -0.2) is 0 Å². The van der Waals surface area contributed by atoms with Crippen LogP contribution in [0.3, 0.4) is 0 Å². The van der Waals surface area contributed by atoms with Crippen molar-refractivity contribution >= 4 is 11.6 Å². The van der Waals surface area contributed by atoms with Gasteiger partial charge in [-0.2, -0.15) is 0 Å². The van der Waals surface area contributed by atoms with E-state index in [1.807, 2.05) is 18.2 Å². The van der Waals surface area contributed by atoms with Gasteiger partial charge in [-0.1, -0.05) is 37.1 Å². The topological polar surface area (TPSA) is 15.3 Å². The van der Waals surface area contributed by atoms with Crippen molar-refractivity contribution in [2.75, 3.05) is 19.6 Å². The monoisotopic (exact) mass is 280 g/mol. The third-order valence-corrected chi connectivity index (χ3v) is 4.13. The molecule has 1 heterocycles. The second-order valence-corrected chi connectivity index (χ2v) is 5.92. The molecular formula is C16H25ClN2. The van der Waals surface area contributed by atoms with E-state index in [0.29, 0.717) is 6.04 Å². The Morgan fingerprint density at radius 3 is 2.79 bits per heavy atom. The number of nitrogens with zero attached hydrogens (tertiary/aromatic N) is 1. The van der Waals surface area contributed by atoms with Crippen molar-refractivity contribution < 1.29 is 0 Å². The highest BCUT2D eigenvalue weighted by Crippen LogP contribution is 2.14. The molecule has 0 spiro atoms. The number of hydrogen-bond donors (Lipinski definition) is 1. The molecule has 0 atom stereocenters. The lowest BCUT2D eigenvalue weighted by molar-refractivity contribution is 0.195. The Kier molecular flexibility index (Phi) is 6.15. The Bertz CT molecular complexity index is 373. The first-order valence-corrected chi connectivity index (χ1v) is 7.86. The first-order chi connectivity index (χ1) is 9.28. The summed E-state index contributed by atoms with van der Waals surface area (Å²) < 4.78 is 0. The van der Waals surface area contributed by atoms with Crippen LogP contribution in [0.25, 0.3) is 0 Å². The van der Waals surface area contributed by atoms with Gasteiger partial charge in [-0.3, -0.25) is 0 Å². The van der Waals surface area contributed by atoms with Gasteiger partial charge in [0.15, 0.2) is 0 Å². The van der Waals surface area contributed by atoms with Crippen molar-refractivity contribution in [3.05, 3.63) is 34.9 Å². The third kappa shape index (κ3) is 5.13. The van der Waals surface area contributed by atoms with E-state index in [1.165, 1.54) is 50.9 Å². The highest BCUT2D eigenvalue weighted by atomic mass is 35.5. The second-order valence-electron chi connectivity index (χ2n) is 5.48. The van der Waals surface area contributed by atoms with Gasteiger partial charge in [0.05, 0.1) is 0 Å². The summed E-state index contributed by atoms with van der Waals surface area (Å²) >= 11 is 6.00. The van der Waals surface area contributed by atoms with Gasteiger partial charge in [0, 0.05) is 17.6 Å². The number of piperidine rings is 1. The average molecular weight is 281 g/mol. The van der Waals surface area contributed by atoms with E-state index in [-0.39, 0.29) is 0 Å². The van der Waals surface area contributed by atoms with Crippen molar-refractivity contribution in [1.82, 2.24) is 10.2 Å². The minimum absolute atomic E-state index is 0.664. The summed E-state index contributed by atoms with van der Waals surface area (Å²) in [5.41, 5.74) is 1.28. The van der Waals surface area contributed by atoms with Crippen molar-refractivity contribution in [2.24, 2.45) is 0 Å². The van der Waals surface area contributed by atoms with Crippen LogP contribution >= 0.6 is 11.6 Å². The average Bonchev–Trinajstić information content (AvgIpc) is 2.44. The molecule has 106 valence electrons. The number of unbranched alkanes of at least 4 members (excludes halogenated alkanes) is 1. The van der Waals surface area contributed by atoms with E-state index in [2.05, 4.69) is 23.2 Å². The van der Waals surface area contributed by atoms with Crippen LogP contribution < -0.4 is 5.32 Å². The molecule has 1 fully saturated rings. The number of benzene rings is 1. The van der Waals surface area contributed by atoms with Gasteiger partial charge in [0.2, 0.25) is 0 Å². The molecular weight excluding hydrogens is 256 g/mol. The van der Waals surface area contributed by atoms with Gasteiger partial charge >= 0.3 is 0 Å². The molecule has 0 saturated carbocycles. The summed E-state index contributed by atoms with van der Waals surface area (Å²) in [5.74, 6) is 0. The van der Waals surface area contributed by atoms with Crippen LogP contribution in [-0.4, -0.2) is 30.6 Å². The van der Waals surface area contributed by atoms with E-state index >= 15 is 0 Å². The molecule has 1 aromatic rings. The Morgan fingerprint density at radius 2 is 2.11 bits per heavy atom. The molecule has 0 bridgehead atoms. The Morgan fingerprint density at radius 1 is 1.32 bits per heavy atom. The van der Waals surface area contributed by atoms with Gasteiger partial charge in [-0.05, 0) is 56.6 Å². The molecule has 19 heavy (non-hydrogen) atoms. The van der Waals surface area contributed by atoms with Crippen molar-refractivity contribution in [3.8, 4) is 0 Å². The zero-order chi connectivity index (χ0) is 13.5. The summed E-state index contributed by atoms with van der Waals surface area (Å²) in [4.78, 5) is 2.60. The van der Waals surface area contributed by atoms with Crippen LogP contribution in [0.15, 0.2) is 24.3 Å². The van der Waals surface area contributed by atoms with Crippen LogP contribution in [0.1, 0.15) is 38.2 Å². The fraction of sp³-hybridized carbons (Fsp3) is 0.625. The molecule has 0 amide bonds. The maximum atomic E-state index is 6.00. The van der Waals surface area contributed by atoms with E-state index in [0.717, 1.165) is 11.6 Å². The van der Waals surface area contributed by atoms with E-state index in [9.17, 15) is 0 Å². The highest BCUT2D eigenvalue weighted by Gasteiger charge is 2.17. The van der Waals surface area contributed by atoms with Crippen molar-refractivity contribution in [3.63, 3.8) is 0 Å². The molecule has 2 nitrogen and oxygen atoms in total. The maximum Gasteiger partial charge on any atom is 0.0409 e. The number of likely N-dealkylation sites (tertiary alicyclic amines) is 1. The Hall–Kier alpha value is -0.570. The Balaban J connectivity index is 1.68. The minimum atomic E-state index is 0.664. The summed E-state index contributed by atoms with van der Waals surface area (Å²) in [7, 11) is 0. The van der Waals surface area contributed by atoms with Gasteiger partial charge < -0.3 is 10.2 Å². The van der Waals surface area contributed by atoms with Crippen LogP contribution in [-0.2, 0) is 6.54 Å². The Labute approximate surface area is 122 Å². The van der Waals surface area contributed by atoms with Gasteiger partial charge in [0.1, 0.15) is 0 Å². The summed E-state index contributed by atoms with van der Waals surface area (Å²) in [5, 5.41) is 4.48. The minimum Gasteiger partial charge on any atom is -0.310 e. The molecule has 3 heteroatoms. The van der Waals surface area contributed by atoms with Crippen LogP contribution in [0.2, 0.25) is 5.02 Å². The zero-order valence-electron chi connectivity index (χ0n) is 11.9. The molecule has 0 radical (unpaired) electrons. The zero-order valence-corrected chi connectivity index (χ0v) is 12.6. The molecule has 0 aromatic heterocycles. The predicted octanol–water partition coefficient (Wildman–Crippen LogP) is 3.69. The maximum absolute atomic E-state index is 6.00. The molecule has 1 aliphatic heterocycles. The highest BCUT2D eigenvalue weighted by molar-refractivity contribution is 6.30. The summed E-state index contributed by atoms with van der Waals surface area (Å²) in [6.45, 7) is 6.96. The molecule has 1 N–H and O–H groups in total. The number of rotatable bonds is 6. The first kappa shape index (κ1) is 14.8. The molecule has 1 aliphatic rings. The van der Waals surface area contributed by atoms with Crippen LogP contribution in [0.4, 0.5) is 0 Å². The largest absolute Gasteiger partial charge is 0.310 e. The van der Waals surface area contributed by atoms with E-state index in [4.69, 9.17) is 11.6 Å². The van der Waals surface area contributed by atoms with Gasteiger partial charge in [0.25, 0.3) is 0 Å². The fourth-order valence-electron chi connectivity index (χ4n) is 2.65. The smallest absolute Gasteiger partial charge is 0.0409 e. The van der Waals surface area contributed by atoms with E-state index in [1.54, 1.807) is 0 Å². The number of halogens is 1. The number of nitrogens with one attached hydrogen (secondary N) is 1. The van der Waals surface area contributed by atoms with Gasteiger partial charge in [-0.15, -0.1) is 0 Å². The predicted molar refractivity (Wildman–Crippen MR) is 82.7 cm³/mol. The quantitative estimate of drug-likeness (QED) is 0.855. The first-order valence-electron chi connectivity index (χ1n) is 7.48. The van der Waals surface area contributed by atoms with Crippen LogP contribution in [0.5, 0.6) is 0 Å². The van der Waals surface area contributed by atoms with Crippen LogP contribution in [0, 0.1) is 0 Å². The molecule has 0 aliphatic carbocycles. The molecule has 1 saturated heterocycles.